The lowest BCUT2D eigenvalue weighted by Gasteiger charge is -2.44. The molecule has 2 amide bonds. The third-order valence-corrected chi connectivity index (χ3v) is 8.04. The topological polar surface area (TPSA) is 93.0 Å². The van der Waals surface area contributed by atoms with Gasteiger partial charge in [-0.2, -0.15) is 0 Å². The molecule has 4 unspecified atom stereocenters. The molecular weight excluding hydrogens is 456 g/mol. The molecule has 2 fully saturated rings. The van der Waals surface area contributed by atoms with Crippen LogP contribution in [0.15, 0.2) is 53.6 Å². The second kappa shape index (κ2) is 9.08. The molecule has 1 aromatic carbocycles. The first-order valence-electron chi connectivity index (χ1n) is 12.8. The van der Waals surface area contributed by atoms with Crippen molar-refractivity contribution in [3.05, 3.63) is 75.8 Å². The van der Waals surface area contributed by atoms with E-state index in [0.29, 0.717) is 30.4 Å². The van der Waals surface area contributed by atoms with E-state index in [1.54, 1.807) is 24.4 Å². The molecule has 1 N–H and O–H groups in total. The Hall–Kier alpha value is -3.68. The third-order valence-electron chi connectivity index (χ3n) is 8.04. The molecule has 4 atom stereocenters. The van der Waals surface area contributed by atoms with Crippen LogP contribution in [0.25, 0.3) is 5.65 Å². The SMILES string of the molecule is Cc1ccc2c(c1)CC(C(=O)N1CCC3CC(NC(=O)c4cnc5ccccn5c4=O)CCC3C1)O2. The zero-order valence-electron chi connectivity index (χ0n) is 20.4. The van der Waals surface area contributed by atoms with Gasteiger partial charge in [-0.25, -0.2) is 4.98 Å². The number of hydrogen-bond donors (Lipinski definition) is 1. The molecule has 8 heteroatoms. The van der Waals surface area contributed by atoms with E-state index >= 15 is 0 Å². The molecule has 3 aromatic rings. The first-order valence-corrected chi connectivity index (χ1v) is 12.8. The normalized spacial score (nSPS) is 25.1. The van der Waals surface area contributed by atoms with Gasteiger partial charge in [0, 0.05) is 37.9 Å². The fraction of sp³-hybridized carbons (Fsp3) is 0.429. The number of hydrogen-bond acceptors (Lipinski definition) is 5. The number of ether oxygens (including phenoxy) is 1. The van der Waals surface area contributed by atoms with Crippen LogP contribution >= 0.6 is 0 Å². The van der Waals surface area contributed by atoms with Gasteiger partial charge in [0.15, 0.2) is 6.10 Å². The number of pyridine rings is 1. The highest BCUT2D eigenvalue weighted by Gasteiger charge is 2.40. The average Bonchev–Trinajstić information content (AvgIpc) is 3.31. The van der Waals surface area contributed by atoms with Gasteiger partial charge in [0.2, 0.25) is 0 Å². The van der Waals surface area contributed by atoms with Gasteiger partial charge in [-0.1, -0.05) is 23.8 Å². The van der Waals surface area contributed by atoms with Crippen molar-refractivity contribution in [3.63, 3.8) is 0 Å². The number of carbonyl (C=O) groups is 2. The van der Waals surface area contributed by atoms with Crippen molar-refractivity contribution in [1.29, 1.82) is 0 Å². The summed E-state index contributed by atoms with van der Waals surface area (Å²) in [7, 11) is 0. The highest BCUT2D eigenvalue weighted by Crippen LogP contribution is 2.37. The Kier molecular flexibility index (Phi) is 5.74. The minimum Gasteiger partial charge on any atom is -0.480 e. The van der Waals surface area contributed by atoms with Crippen LogP contribution in [-0.4, -0.2) is 51.3 Å². The summed E-state index contributed by atoms with van der Waals surface area (Å²) in [5.41, 5.74) is 2.51. The number of fused-ring (bicyclic) bond motifs is 3. The summed E-state index contributed by atoms with van der Waals surface area (Å²) in [6.07, 6.45) is 6.77. The Labute approximate surface area is 209 Å². The molecule has 6 rings (SSSR count). The van der Waals surface area contributed by atoms with E-state index in [-0.39, 0.29) is 29.0 Å². The molecule has 2 aromatic heterocycles. The number of aromatic nitrogens is 2. The van der Waals surface area contributed by atoms with Gasteiger partial charge in [0.25, 0.3) is 17.4 Å². The molecule has 0 radical (unpaired) electrons. The van der Waals surface area contributed by atoms with Gasteiger partial charge in [0.1, 0.15) is 17.0 Å². The van der Waals surface area contributed by atoms with Crippen molar-refractivity contribution in [1.82, 2.24) is 19.6 Å². The van der Waals surface area contributed by atoms with Crippen molar-refractivity contribution >= 4 is 17.5 Å². The number of aryl methyl sites for hydroxylation is 1. The van der Waals surface area contributed by atoms with Crippen LogP contribution in [-0.2, 0) is 11.2 Å². The molecule has 4 heterocycles. The van der Waals surface area contributed by atoms with E-state index in [4.69, 9.17) is 4.74 Å². The van der Waals surface area contributed by atoms with Gasteiger partial charge >= 0.3 is 0 Å². The van der Waals surface area contributed by atoms with Gasteiger partial charge in [-0.3, -0.25) is 18.8 Å². The number of likely N-dealkylation sites (tertiary alicyclic amines) is 1. The summed E-state index contributed by atoms with van der Waals surface area (Å²) in [5.74, 6) is 1.42. The lowest BCUT2D eigenvalue weighted by molar-refractivity contribution is -0.141. The summed E-state index contributed by atoms with van der Waals surface area (Å²) < 4.78 is 7.38. The van der Waals surface area contributed by atoms with Crippen molar-refractivity contribution < 1.29 is 14.3 Å². The molecule has 3 aliphatic rings. The smallest absolute Gasteiger partial charge is 0.270 e. The van der Waals surface area contributed by atoms with Crippen molar-refractivity contribution in [3.8, 4) is 5.75 Å². The van der Waals surface area contributed by atoms with Crippen LogP contribution in [0, 0.1) is 18.8 Å². The third kappa shape index (κ3) is 4.14. The highest BCUT2D eigenvalue weighted by molar-refractivity contribution is 5.94. The molecular formula is C28H30N4O4. The molecule has 1 saturated heterocycles. The molecule has 1 saturated carbocycles. The van der Waals surface area contributed by atoms with E-state index in [2.05, 4.69) is 23.3 Å². The van der Waals surface area contributed by atoms with E-state index < -0.39 is 6.10 Å². The largest absolute Gasteiger partial charge is 0.480 e. The molecule has 1 aliphatic carbocycles. The van der Waals surface area contributed by atoms with Crippen LogP contribution in [0.2, 0.25) is 0 Å². The summed E-state index contributed by atoms with van der Waals surface area (Å²) in [6.45, 7) is 3.51. The molecule has 0 bridgehead atoms. The number of piperidine rings is 1. The predicted octanol–water partition coefficient (Wildman–Crippen LogP) is 2.75. The van der Waals surface area contributed by atoms with Gasteiger partial charge in [0.05, 0.1) is 0 Å². The van der Waals surface area contributed by atoms with E-state index in [1.165, 1.54) is 16.2 Å². The minimum atomic E-state index is -0.427. The molecule has 8 nitrogen and oxygen atoms in total. The number of nitrogens with zero attached hydrogens (tertiary/aromatic N) is 3. The maximum absolute atomic E-state index is 13.2. The lowest BCUT2D eigenvalue weighted by atomic mass is 9.73. The summed E-state index contributed by atoms with van der Waals surface area (Å²) in [5, 5.41) is 3.07. The number of rotatable bonds is 3. The Morgan fingerprint density at radius 3 is 2.89 bits per heavy atom. The van der Waals surface area contributed by atoms with Crippen LogP contribution in [0.3, 0.4) is 0 Å². The highest BCUT2D eigenvalue weighted by atomic mass is 16.5. The Morgan fingerprint density at radius 1 is 1.11 bits per heavy atom. The van der Waals surface area contributed by atoms with Crippen LogP contribution in [0.4, 0.5) is 0 Å². The summed E-state index contributed by atoms with van der Waals surface area (Å²) in [4.78, 5) is 45.1. The van der Waals surface area contributed by atoms with E-state index in [9.17, 15) is 14.4 Å². The van der Waals surface area contributed by atoms with Gasteiger partial charge in [-0.15, -0.1) is 0 Å². The molecule has 0 spiro atoms. The van der Waals surface area contributed by atoms with Crippen LogP contribution in [0.5, 0.6) is 5.75 Å². The van der Waals surface area contributed by atoms with Gasteiger partial charge in [-0.05, 0) is 68.2 Å². The van der Waals surface area contributed by atoms with E-state index in [1.807, 2.05) is 17.0 Å². The van der Waals surface area contributed by atoms with Crippen LogP contribution < -0.4 is 15.6 Å². The lowest BCUT2D eigenvalue weighted by Crippen LogP contribution is -2.52. The summed E-state index contributed by atoms with van der Waals surface area (Å²) in [6, 6.07) is 11.4. The second-order valence-electron chi connectivity index (χ2n) is 10.4. The first-order chi connectivity index (χ1) is 17.5. The predicted molar refractivity (Wildman–Crippen MR) is 134 cm³/mol. The number of benzene rings is 1. The Morgan fingerprint density at radius 2 is 2.00 bits per heavy atom. The van der Waals surface area contributed by atoms with Crippen molar-refractivity contribution in [2.45, 2.75) is 51.2 Å². The second-order valence-corrected chi connectivity index (χ2v) is 10.4. The van der Waals surface area contributed by atoms with Gasteiger partial charge < -0.3 is 15.0 Å². The molecule has 2 aliphatic heterocycles. The Balaban J connectivity index is 1.06. The quantitative estimate of drug-likeness (QED) is 0.615. The zero-order valence-corrected chi connectivity index (χ0v) is 20.4. The van der Waals surface area contributed by atoms with Crippen LogP contribution in [0.1, 0.15) is 47.2 Å². The molecule has 186 valence electrons. The fourth-order valence-corrected chi connectivity index (χ4v) is 6.11. The fourth-order valence-electron chi connectivity index (χ4n) is 6.11. The van der Waals surface area contributed by atoms with Crippen molar-refractivity contribution in [2.24, 2.45) is 11.8 Å². The standard InChI is InChI=1S/C28H30N4O4/c1-17-5-8-23-20(12-17)14-24(36-23)28(35)31-11-9-18-13-21(7-6-19(18)16-31)30-26(33)22-15-29-25-4-2-3-10-32(25)27(22)34/h2-5,8,10,12,15,18-19,21,24H,6-7,9,11,13-14,16H2,1H3,(H,30,33). The zero-order chi connectivity index (χ0) is 24.8. The number of amides is 2. The molecule has 36 heavy (non-hydrogen) atoms. The van der Waals surface area contributed by atoms with Crippen molar-refractivity contribution in [2.75, 3.05) is 13.1 Å². The average molecular weight is 487 g/mol. The first kappa shape index (κ1) is 22.8. The Bertz CT molecular complexity index is 1400. The minimum absolute atomic E-state index is 0.0211. The maximum Gasteiger partial charge on any atom is 0.270 e. The summed E-state index contributed by atoms with van der Waals surface area (Å²) >= 11 is 0. The monoisotopic (exact) mass is 486 g/mol. The van der Waals surface area contributed by atoms with E-state index in [0.717, 1.165) is 43.5 Å². The number of nitrogens with one attached hydrogen (secondary N) is 1. The maximum atomic E-state index is 13.2. The number of carbonyl (C=O) groups excluding carboxylic acids is 2.